The third-order valence-electron chi connectivity index (χ3n) is 1.97. The standard InChI is InChI=1S/C10H18O4.C10H2/c1-7(6-8(11)13-5)9(12)14-10(2,3)4;1-3-5-7-9-10-8-6-4-2/h7H,6H2,1-5H3;1-2H/t7-;/m0./s1. The topological polar surface area (TPSA) is 52.6 Å². The van der Waals surface area contributed by atoms with E-state index in [4.69, 9.17) is 17.6 Å². The number of hydrogen-bond acceptors (Lipinski definition) is 4. The summed E-state index contributed by atoms with van der Waals surface area (Å²) >= 11 is 0. The lowest BCUT2D eigenvalue weighted by atomic mass is 10.1. The molecule has 0 aromatic carbocycles. The Morgan fingerprint density at radius 2 is 1.38 bits per heavy atom. The lowest BCUT2D eigenvalue weighted by Gasteiger charge is -2.21. The van der Waals surface area contributed by atoms with Gasteiger partial charge in [-0.05, 0) is 68.1 Å². The number of terminal acetylenes is 2. The lowest BCUT2D eigenvalue weighted by Crippen LogP contribution is -2.28. The summed E-state index contributed by atoms with van der Waals surface area (Å²) in [5.41, 5.74) is -0.512. The van der Waals surface area contributed by atoms with Gasteiger partial charge in [-0.25, -0.2) is 0 Å². The highest BCUT2D eigenvalue weighted by Crippen LogP contribution is 2.13. The van der Waals surface area contributed by atoms with Gasteiger partial charge >= 0.3 is 11.9 Å². The Morgan fingerprint density at radius 3 is 1.71 bits per heavy atom. The molecule has 0 heterocycles. The van der Waals surface area contributed by atoms with Crippen molar-refractivity contribution in [2.24, 2.45) is 5.92 Å². The Balaban J connectivity index is 0. The van der Waals surface area contributed by atoms with E-state index in [1.54, 1.807) is 27.7 Å². The van der Waals surface area contributed by atoms with Gasteiger partial charge in [0.1, 0.15) is 5.60 Å². The van der Waals surface area contributed by atoms with Gasteiger partial charge in [-0.1, -0.05) is 6.92 Å². The van der Waals surface area contributed by atoms with Crippen molar-refractivity contribution in [3.8, 4) is 60.2 Å². The van der Waals surface area contributed by atoms with Crippen LogP contribution in [-0.4, -0.2) is 24.6 Å². The molecule has 0 spiro atoms. The van der Waals surface area contributed by atoms with Crippen LogP contribution in [0.2, 0.25) is 0 Å². The molecule has 0 saturated carbocycles. The highest BCUT2D eigenvalue weighted by atomic mass is 16.6. The fourth-order valence-corrected chi connectivity index (χ4v) is 1.02. The van der Waals surface area contributed by atoms with Crippen LogP contribution in [0.3, 0.4) is 0 Å². The molecule has 0 saturated heterocycles. The summed E-state index contributed by atoms with van der Waals surface area (Å²) in [7, 11) is 1.30. The number of methoxy groups -OCH3 is 1. The minimum Gasteiger partial charge on any atom is -0.469 e. The number of ether oxygens (including phenoxy) is 2. The van der Waals surface area contributed by atoms with E-state index in [9.17, 15) is 9.59 Å². The van der Waals surface area contributed by atoms with E-state index >= 15 is 0 Å². The second kappa shape index (κ2) is 13.4. The van der Waals surface area contributed by atoms with Crippen molar-refractivity contribution in [3.63, 3.8) is 0 Å². The molecule has 0 N–H and O–H groups in total. The predicted molar refractivity (Wildman–Crippen MR) is 92.6 cm³/mol. The summed E-state index contributed by atoms with van der Waals surface area (Å²) in [4.78, 5) is 22.2. The summed E-state index contributed by atoms with van der Waals surface area (Å²) in [6.45, 7) is 7.01. The SMILES string of the molecule is C#CC#CC#CC#CC#C.COC(=O)C[C@H](C)C(=O)OC(C)(C)C. The van der Waals surface area contributed by atoms with Gasteiger partial charge in [-0.3, -0.25) is 9.59 Å². The van der Waals surface area contributed by atoms with E-state index < -0.39 is 17.5 Å². The van der Waals surface area contributed by atoms with Crippen LogP contribution in [0.15, 0.2) is 0 Å². The molecule has 0 unspecified atom stereocenters. The Bertz CT molecular complexity index is 653. The molecule has 4 nitrogen and oxygen atoms in total. The van der Waals surface area contributed by atoms with Crippen molar-refractivity contribution in [1.29, 1.82) is 0 Å². The highest BCUT2D eigenvalue weighted by Gasteiger charge is 2.23. The maximum Gasteiger partial charge on any atom is 0.309 e. The molecule has 0 aromatic rings. The molecule has 0 radical (unpaired) electrons. The Labute approximate surface area is 144 Å². The summed E-state index contributed by atoms with van der Waals surface area (Å²) in [6, 6.07) is 0. The maximum absolute atomic E-state index is 11.4. The van der Waals surface area contributed by atoms with Crippen LogP contribution < -0.4 is 0 Å². The third kappa shape index (κ3) is 16.8. The van der Waals surface area contributed by atoms with Crippen LogP contribution in [0.5, 0.6) is 0 Å². The second-order valence-electron chi connectivity index (χ2n) is 5.25. The first-order valence-electron chi connectivity index (χ1n) is 6.88. The Hall–Kier alpha value is -3.26. The zero-order valence-corrected chi connectivity index (χ0v) is 14.6. The van der Waals surface area contributed by atoms with Gasteiger partial charge in [0.05, 0.1) is 19.4 Å². The van der Waals surface area contributed by atoms with E-state index in [0.717, 1.165) is 0 Å². The number of carbonyl (C=O) groups is 2. The van der Waals surface area contributed by atoms with Crippen LogP contribution in [0, 0.1) is 66.1 Å². The van der Waals surface area contributed by atoms with Crippen LogP contribution in [0.25, 0.3) is 0 Å². The minimum absolute atomic E-state index is 0.0609. The first-order valence-corrected chi connectivity index (χ1v) is 6.88. The molecule has 0 bridgehead atoms. The molecule has 0 rings (SSSR count). The largest absolute Gasteiger partial charge is 0.469 e. The molecule has 1 atom stereocenters. The van der Waals surface area contributed by atoms with Crippen LogP contribution >= 0.6 is 0 Å². The van der Waals surface area contributed by atoms with Crippen LogP contribution in [0.1, 0.15) is 34.1 Å². The van der Waals surface area contributed by atoms with E-state index in [1.807, 2.05) is 0 Å². The third-order valence-corrected chi connectivity index (χ3v) is 1.97. The molecule has 0 fully saturated rings. The van der Waals surface area contributed by atoms with Crippen molar-refractivity contribution < 1.29 is 19.1 Å². The molecule has 0 aliphatic rings. The highest BCUT2D eigenvalue weighted by molar-refractivity contribution is 5.79. The van der Waals surface area contributed by atoms with Gasteiger partial charge in [0.15, 0.2) is 0 Å². The summed E-state index contributed by atoms with van der Waals surface area (Å²) in [5.74, 6) is 17.2. The van der Waals surface area contributed by atoms with Gasteiger partial charge in [-0.2, -0.15) is 0 Å². The minimum atomic E-state index is -0.512. The smallest absolute Gasteiger partial charge is 0.309 e. The molecule has 124 valence electrons. The fraction of sp³-hybridized carbons (Fsp3) is 0.400. The Kier molecular flexibility index (Phi) is 12.9. The van der Waals surface area contributed by atoms with Crippen LogP contribution in [-0.2, 0) is 19.1 Å². The average Bonchev–Trinajstić information content (AvgIpc) is 2.49. The first-order chi connectivity index (χ1) is 11.2. The van der Waals surface area contributed by atoms with Crippen molar-refractivity contribution in [2.75, 3.05) is 7.11 Å². The van der Waals surface area contributed by atoms with Crippen molar-refractivity contribution >= 4 is 11.9 Å². The molecular weight excluding hydrogens is 304 g/mol. The molecule has 0 aliphatic carbocycles. The van der Waals surface area contributed by atoms with Gasteiger partial charge < -0.3 is 9.47 Å². The number of carbonyl (C=O) groups excluding carboxylic acids is 2. The maximum atomic E-state index is 11.4. The average molecular weight is 324 g/mol. The number of hydrogen-bond donors (Lipinski definition) is 0. The Morgan fingerprint density at radius 1 is 0.958 bits per heavy atom. The summed E-state index contributed by atoms with van der Waals surface area (Å²) in [6.07, 6.45) is 9.68. The van der Waals surface area contributed by atoms with Crippen molar-refractivity contribution in [1.82, 2.24) is 0 Å². The summed E-state index contributed by atoms with van der Waals surface area (Å²) < 4.78 is 9.55. The number of rotatable bonds is 3. The van der Waals surface area contributed by atoms with E-state index in [2.05, 4.69) is 52.1 Å². The molecular formula is C20H20O4. The van der Waals surface area contributed by atoms with Crippen molar-refractivity contribution in [2.45, 2.75) is 39.7 Å². The fourth-order valence-electron chi connectivity index (χ4n) is 1.02. The molecule has 4 heteroatoms. The van der Waals surface area contributed by atoms with Gasteiger partial charge in [0.2, 0.25) is 0 Å². The zero-order chi connectivity index (χ0) is 19.0. The van der Waals surface area contributed by atoms with E-state index in [-0.39, 0.29) is 12.4 Å². The van der Waals surface area contributed by atoms with Crippen LogP contribution in [0.4, 0.5) is 0 Å². The van der Waals surface area contributed by atoms with E-state index in [0.29, 0.717) is 0 Å². The first kappa shape index (κ1) is 23.0. The normalized spacial score (nSPS) is 9.12. The molecule has 0 amide bonds. The van der Waals surface area contributed by atoms with E-state index in [1.165, 1.54) is 7.11 Å². The quantitative estimate of drug-likeness (QED) is 0.587. The molecule has 0 aromatic heterocycles. The number of esters is 2. The second-order valence-corrected chi connectivity index (χ2v) is 5.25. The van der Waals surface area contributed by atoms with Gasteiger partial charge in [-0.15, -0.1) is 12.8 Å². The predicted octanol–water partition coefficient (Wildman–Crippen LogP) is 1.79. The van der Waals surface area contributed by atoms with Gasteiger partial charge in [0, 0.05) is 0 Å². The zero-order valence-electron chi connectivity index (χ0n) is 14.6. The monoisotopic (exact) mass is 324 g/mol. The molecule has 24 heavy (non-hydrogen) atoms. The van der Waals surface area contributed by atoms with Gasteiger partial charge in [0.25, 0.3) is 0 Å². The molecule has 0 aliphatic heterocycles. The lowest BCUT2D eigenvalue weighted by molar-refractivity contribution is -0.162. The van der Waals surface area contributed by atoms with Crippen molar-refractivity contribution in [3.05, 3.63) is 0 Å². The summed E-state index contributed by atoms with van der Waals surface area (Å²) in [5, 5.41) is 0.